The predicted octanol–water partition coefficient (Wildman–Crippen LogP) is 3.33. The summed E-state index contributed by atoms with van der Waals surface area (Å²) >= 11 is 4.78. The van der Waals surface area contributed by atoms with Crippen molar-refractivity contribution in [3.63, 3.8) is 0 Å². The number of carbonyl (C=O) groups is 1. The molecule has 108 valence electrons. The highest BCUT2D eigenvalue weighted by Gasteiger charge is 2.13. The van der Waals surface area contributed by atoms with Gasteiger partial charge in [0, 0.05) is 11.1 Å². The number of aryl methyl sites for hydroxylation is 1. The van der Waals surface area contributed by atoms with Crippen molar-refractivity contribution in [2.75, 3.05) is 5.32 Å². The van der Waals surface area contributed by atoms with Crippen LogP contribution < -0.4 is 11.1 Å². The van der Waals surface area contributed by atoms with E-state index in [0.29, 0.717) is 11.1 Å². The first-order chi connectivity index (χ1) is 9.90. The number of nitrogens with one attached hydrogen (secondary N) is 1. The second-order valence-electron chi connectivity index (χ2n) is 4.76. The predicted molar refractivity (Wildman–Crippen MR) is 86.2 cm³/mol. The molecule has 2 aromatic rings. The van der Waals surface area contributed by atoms with Gasteiger partial charge in [-0.3, -0.25) is 4.79 Å². The Morgan fingerprint density at radius 3 is 2.57 bits per heavy atom. The van der Waals surface area contributed by atoms with Crippen LogP contribution in [0.4, 0.5) is 10.1 Å². The van der Waals surface area contributed by atoms with Gasteiger partial charge in [0.1, 0.15) is 10.8 Å². The third-order valence-electron chi connectivity index (χ3n) is 3.35. The smallest absolute Gasteiger partial charge is 0.256 e. The molecule has 0 heterocycles. The summed E-state index contributed by atoms with van der Waals surface area (Å²) in [5, 5.41) is 2.56. The molecule has 0 atom stereocenters. The summed E-state index contributed by atoms with van der Waals surface area (Å²) in [6.07, 6.45) is 0. The van der Waals surface area contributed by atoms with E-state index in [1.807, 2.05) is 19.9 Å². The quantitative estimate of drug-likeness (QED) is 0.855. The van der Waals surface area contributed by atoms with Crippen molar-refractivity contribution in [2.24, 2.45) is 5.73 Å². The molecule has 5 heteroatoms. The van der Waals surface area contributed by atoms with E-state index in [-0.39, 0.29) is 16.6 Å². The van der Waals surface area contributed by atoms with E-state index in [2.05, 4.69) is 5.32 Å². The molecule has 2 aromatic carbocycles. The number of hydrogen-bond acceptors (Lipinski definition) is 2. The molecule has 0 fully saturated rings. The summed E-state index contributed by atoms with van der Waals surface area (Å²) in [5.74, 6) is -0.919. The van der Waals surface area contributed by atoms with Crippen molar-refractivity contribution in [2.45, 2.75) is 13.8 Å². The molecule has 0 aliphatic rings. The third-order valence-corrected chi connectivity index (χ3v) is 3.59. The second-order valence-corrected chi connectivity index (χ2v) is 5.20. The van der Waals surface area contributed by atoms with E-state index in [1.54, 1.807) is 18.2 Å². The van der Waals surface area contributed by atoms with Gasteiger partial charge in [0.05, 0.1) is 5.69 Å². The van der Waals surface area contributed by atoms with Crippen LogP contribution in [-0.2, 0) is 0 Å². The molecule has 3 N–H and O–H groups in total. The number of anilines is 1. The van der Waals surface area contributed by atoms with Gasteiger partial charge >= 0.3 is 0 Å². The normalized spacial score (nSPS) is 10.2. The van der Waals surface area contributed by atoms with Crippen LogP contribution in [0.1, 0.15) is 27.0 Å². The minimum absolute atomic E-state index is 0.0981. The van der Waals surface area contributed by atoms with E-state index < -0.39 is 5.82 Å². The first kappa shape index (κ1) is 15.1. The van der Waals surface area contributed by atoms with E-state index in [1.165, 1.54) is 12.1 Å². The molecule has 0 saturated carbocycles. The highest BCUT2D eigenvalue weighted by atomic mass is 32.1. The molecule has 1 amide bonds. The van der Waals surface area contributed by atoms with Gasteiger partial charge in [-0.2, -0.15) is 0 Å². The van der Waals surface area contributed by atoms with E-state index in [0.717, 1.165) is 11.1 Å². The molecule has 0 aliphatic carbocycles. The Bertz CT molecular complexity index is 728. The fraction of sp³-hybridized carbons (Fsp3) is 0.125. The zero-order chi connectivity index (χ0) is 15.6. The van der Waals surface area contributed by atoms with Crippen molar-refractivity contribution in [1.29, 1.82) is 0 Å². The first-order valence-electron chi connectivity index (χ1n) is 6.37. The van der Waals surface area contributed by atoms with E-state index >= 15 is 0 Å². The average molecular weight is 302 g/mol. The van der Waals surface area contributed by atoms with Crippen molar-refractivity contribution < 1.29 is 9.18 Å². The standard InChI is InChI=1S/C16H15FN2OS/c1-9-4-3-5-12(10(9)2)16(20)19-14-7-6-11(15(18)21)8-13(14)17/h3-8H,1-2H3,(H2,18,21)(H,19,20). The van der Waals surface area contributed by atoms with Gasteiger partial charge in [-0.05, 0) is 49.2 Å². The summed E-state index contributed by atoms with van der Waals surface area (Å²) in [4.78, 5) is 12.3. The zero-order valence-electron chi connectivity index (χ0n) is 11.7. The summed E-state index contributed by atoms with van der Waals surface area (Å²) in [6.45, 7) is 3.78. The first-order valence-corrected chi connectivity index (χ1v) is 6.78. The lowest BCUT2D eigenvalue weighted by molar-refractivity contribution is 0.102. The number of rotatable bonds is 3. The van der Waals surface area contributed by atoms with Gasteiger partial charge in [0.25, 0.3) is 5.91 Å². The molecule has 0 unspecified atom stereocenters. The van der Waals surface area contributed by atoms with Crippen molar-refractivity contribution in [3.05, 3.63) is 64.5 Å². The van der Waals surface area contributed by atoms with E-state index in [9.17, 15) is 9.18 Å². The molecule has 0 aliphatic heterocycles. The summed E-state index contributed by atoms with van der Waals surface area (Å²) in [5.41, 5.74) is 8.36. The summed E-state index contributed by atoms with van der Waals surface area (Å²) < 4.78 is 13.9. The largest absolute Gasteiger partial charge is 0.389 e. The number of amides is 1. The van der Waals surface area contributed by atoms with Crippen LogP contribution in [0.3, 0.4) is 0 Å². The maximum Gasteiger partial charge on any atom is 0.256 e. The number of thiocarbonyl (C=S) groups is 1. The number of halogens is 1. The Kier molecular flexibility index (Phi) is 4.33. The summed E-state index contributed by atoms with van der Waals surface area (Å²) in [7, 11) is 0. The summed E-state index contributed by atoms with van der Waals surface area (Å²) in [6, 6.07) is 9.66. The lowest BCUT2D eigenvalue weighted by Crippen LogP contribution is -2.16. The van der Waals surface area contributed by atoms with Crippen molar-refractivity contribution >= 4 is 28.8 Å². The van der Waals surface area contributed by atoms with Gasteiger partial charge in [0.15, 0.2) is 0 Å². The van der Waals surface area contributed by atoms with Gasteiger partial charge < -0.3 is 11.1 Å². The van der Waals surface area contributed by atoms with Crippen LogP contribution in [0.2, 0.25) is 0 Å². The topological polar surface area (TPSA) is 55.1 Å². The molecular weight excluding hydrogens is 287 g/mol. The van der Waals surface area contributed by atoms with Crippen molar-refractivity contribution in [1.82, 2.24) is 0 Å². The van der Waals surface area contributed by atoms with Crippen LogP contribution in [0.5, 0.6) is 0 Å². The molecule has 2 rings (SSSR count). The van der Waals surface area contributed by atoms with Gasteiger partial charge in [-0.15, -0.1) is 0 Å². The fourth-order valence-corrected chi connectivity index (χ4v) is 2.08. The van der Waals surface area contributed by atoms with Gasteiger partial charge in [0.2, 0.25) is 0 Å². The van der Waals surface area contributed by atoms with E-state index in [4.69, 9.17) is 18.0 Å². The lowest BCUT2D eigenvalue weighted by atomic mass is 10.0. The van der Waals surface area contributed by atoms with Crippen LogP contribution in [0.15, 0.2) is 36.4 Å². The zero-order valence-corrected chi connectivity index (χ0v) is 12.6. The van der Waals surface area contributed by atoms with Crippen LogP contribution in [-0.4, -0.2) is 10.9 Å². The fourth-order valence-electron chi connectivity index (χ4n) is 1.96. The Labute approximate surface area is 128 Å². The van der Waals surface area contributed by atoms with Crippen molar-refractivity contribution in [3.8, 4) is 0 Å². The molecule has 3 nitrogen and oxygen atoms in total. The third kappa shape index (κ3) is 3.25. The average Bonchev–Trinajstić information content (AvgIpc) is 2.43. The molecule has 0 radical (unpaired) electrons. The molecular formula is C16H15FN2OS. The Hall–Kier alpha value is -2.27. The number of benzene rings is 2. The minimum Gasteiger partial charge on any atom is -0.389 e. The highest BCUT2D eigenvalue weighted by Crippen LogP contribution is 2.19. The minimum atomic E-state index is -0.570. The number of carbonyl (C=O) groups excluding carboxylic acids is 1. The molecule has 0 aromatic heterocycles. The molecule has 0 spiro atoms. The highest BCUT2D eigenvalue weighted by molar-refractivity contribution is 7.80. The second kappa shape index (κ2) is 6.01. The Morgan fingerprint density at radius 1 is 1.24 bits per heavy atom. The van der Waals surface area contributed by atoms with Gasteiger partial charge in [-0.1, -0.05) is 24.4 Å². The maximum atomic E-state index is 13.9. The van der Waals surface area contributed by atoms with Crippen LogP contribution in [0, 0.1) is 19.7 Å². The Morgan fingerprint density at radius 2 is 1.95 bits per heavy atom. The SMILES string of the molecule is Cc1cccc(C(=O)Nc2ccc(C(N)=S)cc2F)c1C. The molecule has 0 bridgehead atoms. The monoisotopic (exact) mass is 302 g/mol. The maximum absolute atomic E-state index is 13.9. The number of hydrogen-bond donors (Lipinski definition) is 2. The van der Waals surface area contributed by atoms with Crippen LogP contribution >= 0.6 is 12.2 Å². The lowest BCUT2D eigenvalue weighted by Gasteiger charge is -2.10. The molecule has 0 saturated heterocycles. The van der Waals surface area contributed by atoms with Gasteiger partial charge in [-0.25, -0.2) is 4.39 Å². The Balaban J connectivity index is 2.28. The molecule has 21 heavy (non-hydrogen) atoms. The van der Waals surface area contributed by atoms with Crippen LogP contribution in [0.25, 0.3) is 0 Å². The number of nitrogens with two attached hydrogens (primary N) is 1.